The van der Waals surface area contributed by atoms with E-state index in [0.29, 0.717) is 12.4 Å². The molecule has 0 aliphatic rings. The monoisotopic (exact) mass is 272 g/mol. The largest absolute Gasteiger partial charge is 0.441 e. The molecule has 0 aromatic carbocycles. The first-order valence-electron chi connectivity index (χ1n) is 6.45. The van der Waals surface area contributed by atoms with E-state index in [0.717, 1.165) is 11.3 Å². The van der Waals surface area contributed by atoms with E-state index in [1.54, 1.807) is 0 Å². The van der Waals surface area contributed by atoms with Crippen LogP contribution >= 0.6 is 0 Å². The summed E-state index contributed by atoms with van der Waals surface area (Å²) in [7, 11) is 0. The Morgan fingerprint density at radius 1 is 1.30 bits per heavy atom. The van der Waals surface area contributed by atoms with Gasteiger partial charge in [0.1, 0.15) is 5.65 Å². The van der Waals surface area contributed by atoms with Gasteiger partial charge in [-0.25, -0.2) is 9.78 Å². The lowest BCUT2D eigenvalue weighted by Gasteiger charge is -2.16. The number of aromatic nitrogens is 4. The zero-order valence-corrected chi connectivity index (χ0v) is 11.7. The summed E-state index contributed by atoms with van der Waals surface area (Å²) in [5, 5.41) is 3.88. The van der Waals surface area contributed by atoms with Gasteiger partial charge in [-0.15, -0.1) is 0 Å². The van der Waals surface area contributed by atoms with E-state index in [1.807, 2.05) is 55.8 Å². The molecule has 3 heterocycles. The normalized spacial score (nSPS) is 12.2. The van der Waals surface area contributed by atoms with Gasteiger partial charge in [0.2, 0.25) is 0 Å². The van der Waals surface area contributed by atoms with Crippen LogP contribution in [0.15, 0.2) is 39.9 Å². The molecule has 0 aliphatic heterocycles. The van der Waals surface area contributed by atoms with Crippen molar-refractivity contribution in [2.24, 2.45) is 0 Å². The number of hydrogen-bond donors (Lipinski definition) is 0. The van der Waals surface area contributed by atoms with Crippen molar-refractivity contribution in [3.05, 3.63) is 52.7 Å². The zero-order chi connectivity index (χ0) is 14.3. The molecular formula is C14H16N4O2. The fourth-order valence-corrected chi connectivity index (χ4v) is 2.17. The van der Waals surface area contributed by atoms with Crippen LogP contribution in [0.25, 0.3) is 5.65 Å². The topological polar surface area (TPSA) is 65.3 Å². The molecule has 0 bridgehead atoms. The number of pyridine rings is 1. The standard InChI is InChI=1S/C14H16N4O2/c1-14(2,3)12-16-20-13(19)18(12)9-10-8-17-7-5-4-6-11(17)15-10/h4-8H,9H2,1-3H3. The Morgan fingerprint density at radius 2 is 2.10 bits per heavy atom. The molecule has 0 aliphatic carbocycles. The van der Waals surface area contributed by atoms with Crippen LogP contribution in [0.5, 0.6) is 0 Å². The molecule has 0 spiro atoms. The van der Waals surface area contributed by atoms with Crippen molar-refractivity contribution < 1.29 is 4.52 Å². The first-order chi connectivity index (χ1) is 9.45. The van der Waals surface area contributed by atoms with Crippen molar-refractivity contribution in [3.8, 4) is 0 Å². The molecule has 6 heteroatoms. The Morgan fingerprint density at radius 3 is 2.80 bits per heavy atom. The number of nitrogens with zero attached hydrogens (tertiary/aromatic N) is 4. The Labute approximate surface area is 115 Å². The van der Waals surface area contributed by atoms with E-state index >= 15 is 0 Å². The van der Waals surface area contributed by atoms with Crippen molar-refractivity contribution in [2.75, 3.05) is 0 Å². The van der Waals surface area contributed by atoms with Crippen molar-refractivity contribution in [1.82, 2.24) is 19.1 Å². The second kappa shape index (κ2) is 4.33. The van der Waals surface area contributed by atoms with Crippen LogP contribution in [0.1, 0.15) is 32.3 Å². The third-order valence-corrected chi connectivity index (χ3v) is 3.09. The smallest absolute Gasteiger partial charge is 0.307 e. The lowest BCUT2D eigenvalue weighted by atomic mass is 9.96. The minimum Gasteiger partial charge on any atom is -0.307 e. The molecule has 0 unspecified atom stereocenters. The van der Waals surface area contributed by atoms with Gasteiger partial charge in [-0.05, 0) is 12.1 Å². The van der Waals surface area contributed by atoms with Gasteiger partial charge in [0.15, 0.2) is 5.82 Å². The second-order valence-electron chi connectivity index (χ2n) is 5.81. The Hall–Kier alpha value is -2.37. The molecular weight excluding hydrogens is 256 g/mol. The highest BCUT2D eigenvalue weighted by molar-refractivity contribution is 5.39. The summed E-state index contributed by atoms with van der Waals surface area (Å²) in [6, 6.07) is 5.79. The average molecular weight is 272 g/mol. The van der Waals surface area contributed by atoms with E-state index < -0.39 is 5.76 Å². The SMILES string of the molecule is CC(C)(C)c1noc(=O)n1Cc1cn2ccccc2n1. The molecule has 3 aromatic rings. The van der Waals surface area contributed by atoms with E-state index in [9.17, 15) is 4.79 Å². The Bertz CT molecular complexity index is 771. The van der Waals surface area contributed by atoms with Crippen molar-refractivity contribution in [3.63, 3.8) is 0 Å². The fourth-order valence-electron chi connectivity index (χ4n) is 2.17. The summed E-state index contributed by atoms with van der Waals surface area (Å²) in [4.78, 5) is 16.3. The number of imidazole rings is 1. The molecule has 0 N–H and O–H groups in total. The molecule has 0 radical (unpaired) electrons. The van der Waals surface area contributed by atoms with Crippen LogP contribution in [0.2, 0.25) is 0 Å². The Kier molecular flexibility index (Phi) is 2.74. The van der Waals surface area contributed by atoms with Crippen molar-refractivity contribution >= 4 is 5.65 Å². The summed E-state index contributed by atoms with van der Waals surface area (Å²) in [5.74, 6) is 0.173. The molecule has 0 amide bonds. The highest BCUT2D eigenvalue weighted by Gasteiger charge is 2.24. The maximum absolute atomic E-state index is 11.8. The lowest BCUT2D eigenvalue weighted by molar-refractivity contribution is 0.367. The van der Waals surface area contributed by atoms with Gasteiger partial charge >= 0.3 is 5.76 Å². The average Bonchev–Trinajstić information content (AvgIpc) is 2.93. The minimum absolute atomic E-state index is 0.259. The molecule has 0 fully saturated rings. The van der Waals surface area contributed by atoms with Gasteiger partial charge in [-0.3, -0.25) is 9.09 Å². The first-order valence-corrected chi connectivity index (χ1v) is 6.45. The van der Waals surface area contributed by atoms with Crippen LogP contribution in [0.4, 0.5) is 0 Å². The molecule has 3 aromatic heterocycles. The zero-order valence-electron chi connectivity index (χ0n) is 11.7. The van der Waals surface area contributed by atoms with Crippen LogP contribution in [0.3, 0.4) is 0 Å². The van der Waals surface area contributed by atoms with Gasteiger partial charge in [-0.2, -0.15) is 0 Å². The first kappa shape index (κ1) is 12.7. The van der Waals surface area contributed by atoms with Crippen LogP contribution in [-0.2, 0) is 12.0 Å². The predicted octanol–water partition coefficient (Wildman–Crippen LogP) is 1.83. The molecule has 0 atom stereocenters. The molecule has 3 rings (SSSR count). The highest BCUT2D eigenvalue weighted by atomic mass is 16.5. The van der Waals surface area contributed by atoms with Gasteiger partial charge in [0.25, 0.3) is 0 Å². The van der Waals surface area contributed by atoms with Crippen LogP contribution in [-0.4, -0.2) is 19.1 Å². The second-order valence-corrected chi connectivity index (χ2v) is 5.81. The summed E-state index contributed by atoms with van der Waals surface area (Å²) in [6.07, 6.45) is 3.83. The van der Waals surface area contributed by atoms with E-state index in [4.69, 9.17) is 4.52 Å². The van der Waals surface area contributed by atoms with Gasteiger partial charge < -0.3 is 4.40 Å². The minimum atomic E-state index is -0.452. The molecule has 0 saturated heterocycles. The number of fused-ring (bicyclic) bond motifs is 1. The molecule has 6 nitrogen and oxygen atoms in total. The highest BCUT2D eigenvalue weighted by Crippen LogP contribution is 2.19. The molecule has 20 heavy (non-hydrogen) atoms. The third-order valence-electron chi connectivity index (χ3n) is 3.09. The summed E-state index contributed by atoms with van der Waals surface area (Å²) < 4.78 is 8.24. The van der Waals surface area contributed by atoms with Gasteiger partial charge in [-0.1, -0.05) is 32.0 Å². The summed E-state index contributed by atoms with van der Waals surface area (Å²) in [5.41, 5.74) is 1.39. The summed E-state index contributed by atoms with van der Waals surface area (Å²) in [6.45, 7) is 6.33. The van der Waals surface area contributed by atoms with Crippen molar-refractivity contribution in [1.29, 1.82) is 0 Å². The van der Waals surface area contributed by atoms with E-state index in [2.05, 4.69) is 10.1 Å². The van der Waals surface area contributed by atoms with E-state index in [1.165, 1.54) is 4.57 Å². The maximum atomic E-state index is 11.8. The number of hydrogen-bond acceptors (Lipinski definition) is 4. The van der Waals surface area contributed by atoms with Crippen molar-refractivity contribution in [2.45, 2.75) is 32.7 Å². The van der Waals surface area contributed by atoms with Gasteiger partial charge in [0.05, 0.1) is 12.2 Å². The van der Waals surface area contributed by atoms with Crippen LogP contribution in [0, 0.1) is 0 Å². The van der Waals surface area contributed by atoms with Crippen LogP contribution < -0.4 is 5.76 Å². The number of rotatable bonds is 2. The quantitative estimate of drug-likeness (QED) is 0.714. The lowest BCUT2D eigenvalue weighted by Crippen LogP contribution is -2.25. The van der Waals surface area contributed by atoms with E-state index in [-0.39, 0.29) is 5.41 Å². The Balaban J connectivity index is 2.03. The predicted molar refractivity (Wildman–Crippen MR) is 73.8 cm³/mol. The maximum Gasteiger partial charge on any atom is 0.441 e. The van der Waals surface area contributed by atoms with Gasteiger partial charge in [0, 0.05) is 17.8 Å². The fraction of sp³-hybridized carbons (Fsp3) is 0.357. The summed E-state index contributed by atoms with van der Waals surface area (Å²) >= 11 is 0. The molecule has 0 saturated carbocycles. The third kappa shape index (κ3) is 2.13. The molecule has 104 valence electrons.